The smallest absolute Gasteiger partial charge is 0.263 e. The lowest BCUT2D eigenvalue weighted by Crippen LogP contribution is -2.40. The quantitative estimate of drug-likeness (QED) is 0.609. The molecule has 0 unspecified atom stereocenters. The maximum Gasteiger partial charge on any atom is 0.263 e. The van der Waals surface area contributed by atoms with Gasteiger partial charge in [0.1, 0.15) is 9.88 Å². The fourth-order valence-electron chi connectivity index (χ4n) is 3.20. The second kappa shape index (κ2) is 9.23. The number of rotatable bonds is 6. The predicted molar refractivity (Wildman–Crippen MR) is 117 cm³/mol. The molecule has 8 nitrogen and oxygen atoms in total. The fraction of sp³-hybridized carbons (Fsp3) is 0.286. The number of morpholine rings is 1. The van der Waals surface area contributed by atoms with E-state index in [2.05, 4.69) is 15.3 Å². The topological polar surface area (TPSA) is 101 Å². The van der Waals surface area contributed by atoms with E-state index in [4.69, 9.17) is 4.74 Å². The molecule has 0 atom stereocenters. The van der Waals surface area contributed by atoms with Gasteiger partial charge >= 0.3 is 0 Å². The summed E-state index contributed by atoms with van der Waals surface area (Å²) in [6.07, 6.45) is 3.40. The molecule has 4 rings (SSSR count). The van der Waals surface area contributed by atoms with E-state index >= 15 is 0 Å². The Kier molecular flexibility index (Phi) is 6.42. The SMILES string of the molecule is Cc1nc(-c2cccnc2)sc1C(=O)NCc1ccc(S(=O)(=O)N2CCOCC2)cc1. The highest BCUT2D eigenvalue weighted by molar-refractivity contribution is 7.89. The predicted octanol–water partition coefficient (Wildman–Crippen LogP) is 2.46. The number of nitrogens with one attached hydrogen (secondary N) is 1. The molecule has 1 fully saturated rings. The van der Waals surface area contributed by atoms with E-state index in [1.807, 2.05) is 12.1 Å². The second-order valence-electron chi connectivity index (χ2n) is 7.02. The first-order valence-corrected chi connectivity index (χ1v) is 12.0. The first-order chi connectivity index (χ1) is 14.9. The van der Waals surface area contributed by atoms with Crippen molar-refractivity contribution in [3.8, 4) is 10.6 Å². The third kappa shape index (κ3) is 4.82. The zero-order chi connectivity index (χ0) is 21.8. The van der Waals surface area contributed by atoms with Crippen molar-refractivity contribution in [2.45, 2.75) is 18.4 Å². The van der Waals surface area contributed by atoms with Gasteiger partial charge in [-0.05, 0) is 36.8 Å². The maximum absolute atomic E-state index is 12.7. The largest absolute Gasteiger partial charge is 0.379 e. The van der Waals surface area contributed by atoms with Crippen molar-refractivity contribution in [2.75, 3.05) is 26.3 Å². The first kappa shape index (κ1) is 21.6. The normalized spacial score (nSPS) is 15.0. The fourth-order valence-corrected chi connectivity index (χ4v) is 5.58. The van der Waals surface area contributed by atoms with Crippen molar-refractivity contribution in [1.82, 2.24) is 19.6 Å². The molecule has 10 heteroatoms. The number of ether oxygens (including phenoxy) is 1. The van der Waals surface area contributed by atoms with Crippen LogP contribution in [0.3, 0.4) is 0 Å². The third-order valence-electron chi connectivity index (χ3n) is 4.90. The summed E-state index contributed by atoms with van der Waals surface area (Å²) in [5, 5.41) is 3.63. The van der Waals surface area contributed by atoms with Crippen molar-refractivity contribution in [3.63, 3.8) is 0 Å². The molecule has 0 spiro atoms. The van der Waals surface area contributed by atoms with Crippen LogP contribution in [0.2, 0.25) is 0 Å². The summed E-state index contributed by atoms with van der Waals surface area (Å²) in [5.41, 5.74) is 2.34. The van der Waals surface area contributed by atoms with Crippen LogP contribution in [0.4, 0.5) is 0 Å². The van der Waals surface area contributed by atoms with Crippen molar-refractivity contribution in [3.05, 3.63) is 64.9 Å². The zero-order valence-corrected chi connectivity index (χ0v) is 18.6. The molecule has 0 bridgehead atoms. The van der Waals surface area contributed by atoms with Gasteiger partial charge in [0.25, 0.3) is 5.91 Å². The van der Waals surface area contributed by atoms with Crippen LogP contribution in [0.5, 0.6) is 0 Å². The Morgan fingerprint density at radius 2 is 1.94 bits per heavy atom. The Bertz CT molecular complexity index is 1160. The lowest BCUT2D eigenvalue weighted by atomic mass is 10.2. The van der Waals surface area contributed by atoms with E-state index in [0.29, 0.717) is 36.9 Å². The molecule has 1 saturated heterocycles. The summed E-state index contributed by atoms with van der Waals surface area (Å²) in [5.74, 6) is -0.213. The third-order valence-corrected chi connectivity index (χ3v) is 8.01. The highest BCUT2D eigenvalue weighted by Gasteiger charge is 2.26. The van der Waals surface area contributed by atoms with Crippen LogP contribution in [0.25, 0.3) is 10.6 Å². The van der Waals surface area contributed by atoms with Gasteiger partial charge < -0.3 is 10.1 Å². The Hall–Kier alpha value is -2.66. The van der Waals surface area contributed by atoms with Gasteiger partial charge in [-0.15, -0.1) is 11.3 Å². The van der Waals surface area contributed by atoms with E-state index in [9.17, 15) is 13.2 Å². The highest BCUT2D eigenvalue weighted by Crippen LogP contribution is 2.27. The van der Waals surface area contributed by atoms with Crippen molar-refractivity contribution in [2.24, 2.45) is 0 Å². The highest BCUT2D eigenvalue weighted by atomic mass is 32.2. The number of carbonyl (C=O) groups excluding carboxylic acids is 1. The molecule has 162 valence electrons. The Labute approximate surface area is 185 Å². The monoisotopic (exact) mass is 458 g/mol. The minimum atomic E-state index is -3.53. The van der Waals surface area contributed by atoms with E-state index in [1.54, 1.807) is 43.6 Å². The molecule has 1 aromatic carbocycles. The van der Waals surface area contributed by atoms with Crippen molar-refractivity contribution >= 4 is 27.3 Å². The molecule has 3 heterocycles. The van der Waals surface area contributed by atoms with Gasteiger partial charge in [-0.3, -0.25) is 9.78 Å². The molecule has 1 aliphatic heterocycles. The maximum atomic E-state index is 12.7. The van der Waals surface area contributed by atoms with Crippen LogP contribution in [-0.2, 0) is 21.3 Å². The number of pyridine rings is 1. The molecular weight excluding hydrogens is 436 g/mol. The van der Waals surface area contributed by atoms with Crippen LogP contribution in [0, 0.1) is 6.92 Å². The number of hydrogen-bond acceptors (Lipinski definition) is 7. The van der Waals surface area contributed by atoms with Gasteiger partial charge in [-0.1, -0.05) is 12.1 Å². The van der Waals surface area contributed by atoms with Crippen LogP contribution >= 0.6 is 11.3 Å². The van der Waals surface area contributed by atoms with Crippen LogP contribution in [0.15, 0.2) is 53.7 Å². The number of thiazole rings is 1. The summed E-state index contributed by atoms with van der Waals surface area (Å²) in [4.78, 5) is 22.0. The van der Waals surface area contributed by atoms with E-state index in [-0.39, 0.29) is 17.3 Å². The Morgan fingerprint density at radius 1 is 1.19 bits per heavy atom. The standard InChI is InChI=1S/C21H22N4O4S2/c1-15-19(30-21(24-15)17-3-2-8-22-14-17)20(26)23-13-16-4-6-18(7-5-16)31(27,28)25-9-11-29-12-10-25/h2-8,14H,9-13H2,1H3,(H,23,26). The van der Waals surface area contributed by atoms with E-state index < -0.39 is 10.0 Å². The minimum Gasteiger partial charge on any atom is -0.379 e. The minimum absolute atomic E-state index is 0.213. The molecule has 1 aliphatic rings. The molecule has 1 amide bonds. The summed E-state index contributed by atoms with van der Waals surface area (Å²) in [7, 11) is -3.53. The Morgan fingerprint density at radius 3 is 2.61 bits per heavy atom. The van der Waals surface area contributed by atoms with Crippen molar-refractivity contribution < 1.29 is 17.9 Å². The van der Waals surface area contributed by atoms with Crippen LogP contribution in [0.1, 0.15) is 20.9 Å². The number of sulfonamides is 1. The number of aromatic nitrogens is 2. The van der Waals surface area contributed by atoms with Gasteiger partial charge in [0.05, 0.1) is 23.8 Å². The molecule has 31 heavy (non-hydrogen) atoms. The van der Waals surface area contributed by atoms with Gasteiger partial charge in [0.2, 0.25) is 10.0 Å². The number of carbonyl (C=O) groups is 1. The molecule has 2 aromatic heterocycles. The number of aryl methyl sites for hydroxylation is 1. The lowest BCUT2D eigenvalue weighted by molar-refractivity contribution is 0.0730. The van der Waals surface area contributed by atoms with Crippen molar-refractivity contribution in [1.29, 1.82) is 0 Å². The van der Waals surface area contributed by atoms with Gasteiger partial charge in [-0.2, -0.15) is 4.31 Å². The number of amides is 1. The molecule has 0 aliphatic carbocycles. The summed E-state index contributed by atoms with van der Waals surface area (Å²) < 4.78 is 32.0. The van der Waals surface area contributed by atoms with Crippen LogP contribution < -0.4 is 5.32 Å². The molecule has 1 N–H and O–H groups in total. The molecular formula is C21H22N4O4S2. The Balaban J connectivity index is 1.40. The summed E-state index contributed by atoms with van der Waals surface area (Å²) in [6, 6.07) is 10.3. The molecule has 0 saturated carbocycles. The number of benzene rings is 1. The zero-order valence-electron chi connectivity index (χ0n) is 16.9. The number of nitrogens with zero attached hydrogens (tertiary/aromatic N) is 3. The average Bonchev–Trinajstić information content (AvgIpc) is 3.20. The molecule has 3 aromatic rings. The van der Waals surface area contributed by atoms with Gasteiger partial charge in [-0.25, -0.2) is 13.4 Å². The lowest BCUT2D eigenvalue weighted by Gasteiger charge is -2.26. The summed E-state index contributed by atoms with van der Waals surface area (Å²) in [6.45, 7) is 3.61. The number of hydrogen-bond donors (Lipinski definition) is 1. The summed E-state index contributed by atoms with van der Waals surface area (Å²) >= 11 is 1.32. The van der Waals surface area contributed by atoms with Gasteiger partial charge in [0, 0.05) is 37.6 Å². The van der Waals surface area contributed by atoms with E-state index in [0.717, 1.165) is 16.1 Å². The van der Waals surface area contributed by atoms with E-state index in [1.165, 1.54) is 15.6 Å². The molecule has 0 radical (unpaired) electrons. The van der Waals surface area contributed by atoms with Crippen LogP contribution in [-0.4, -0.2) is 54.9 Å². The van der Waals surface area contributed by atoms with Gasteiger partial charge in [0.15, 0.2) is 0 Å². The first-order valence-electron chi connectivity index (χ1n) is 9.78. The average molecular weight is 459 g/mol. The second-order valence-corrected chi connectivity index (χ2v) is 9.96.